The molecule has 1 saturated heterocycles. The highest BCUT2D eigenvalue weighted by atomic mass is 28.4. The van der Waals surface area contributed by atoms with E-state index in [1.165, 1.54) is 7.11 Å². The van der Waals surface area contributed by atoms with Gasteiger partial charge in [0.25, 0.3) is 0 Å². The Bertz CT molecular complexity index is 1530. The van der Waals surface area contributed by atoms with Crippen molar-refractivity contribution in [2.75, 3.05) is 13.7 Å². The number of carbonyl (C=O) groups is 4. The molecule has 2 aliphatic heterocycles. The van der Waals surface area contributed by atoms with Crippen molar-refractivity contribution in [1.82, 2.24) is 0 Å². The molecule has 346 valence electrons. The number of Topliss-reactive ketones (excluding diaryl/α,β-unsaturated/α-hetero) is 3. The SMILES string of the molecule is C/C=C\[C@H](C)[C@H]1O[C@]1(C)[C@@H](O)[C@H]1COC(=O)[C@H](O)[C@@H](OC)[C@H](C)C(=O)[C@H](C)[C@@H](O[Si](C(C)C)(C(C)C)C(C)C)/C(C)=C/[C@H](C)C(=O)C[C@H](O[Si](C)(C)C(C)(C)C)[C@@H](C)C1=O. The maximum absolute atomic E-state index is 14.9. The molecule has 11 nitrogen and oxygen atoms in total. The molecule has 0 aromatic heterocycles. The zero-order valence-electron chi connectivity index (χ0n) is 40.9. The Hall–Kier alpha value is -1.85. The third kappa shape index (κ3) is 11.8. The van der Waals surface area contributed by atoms with E-state index in [2.05, 4.69) is 75.4 Å². The summed E-state index contributed by atoms with van der Waals surface area (Å²) < 4.78 is 31.7. The van der Waals surface area contributed by atoms with Crippen molar-refractivity contribution in [3.63, 3.8) is 0 Å². The van der Waals surface area contributed by atoms with E-state index in [0.29, 0.717) is 0 Å². The van der Waals surface area contributed by atoms with E-state index >= 15 is 0 Å². The Morgan fingerprint density at radius 3 is 1.88 bits per heavy atom. The maximum atomic E-state index is 14.9. The second-order valence-electron chi connectivity index (χ2n) is 20.7. The van der Waals surface area contributed by atoms with Gasteiger partial charge in [-0.2, -0.15) is 0 Å². The van der Waals surface area contributed by atoms with Gasteiger partial charge in [-0.25, -0.2) is 4.79 Å². The van der Waals surface area contributed by atoms with Crippen LogP contribution in [0.15, 0.2) is 23.8 Å². The molecule has 0 saturated carbocycles. The number of allylic oxidation sites excluding steroid dienone is 2. The number of rotatable bonds is 12. The standard InChI is InChI=1S/C47H84O11Si2/c1-21-22-29(8)44-47(17,56-44)43(52)35-25-55-45(53)40(51)42(54-18)34(13)38(49)33(12)41(58-60(26(2)3,27(4)5)28(6)7)31(10)23-30(9)36(48)24-37(32(11)39(35)50)57-59(19,20)46(14,15)16/h21-23,26-30,32-35,37,40-44,51-52H,24-25H2,1-20H3/b22-21-,31-23+/t29-,30-,32+,33-,34+,35-,37-,40+,41-,42-,43-,44+,47+/m0/s1. The van der Waals surface area contributed by atoms with Gasteiger partial charge in [0.1, 0.15) is 35.7 Å². The molecule has 0 aliphatic carbocycles. The van der Waals surface area contributed by atoms with E-state index in [9.17, 15) is 29.4 Å². The van der Waals surface area contributed by atoms with Crippen molar-refractivity contribution in [2.45, 2.75) is 201 Å². The van der Waals surface area contributed by atoms with Crippen LogP contribution >= 0.6 is 0 Å². The van der Waals surface area contributed by atoms with Gasteiger partial charge in [-0.15, -0.1) is 0 Å². The van der Waals surface area contributed by atoms with Crippen LogP contribution in [0.25, 0.3) is 0 Å². The van der Waals surface area contributed by atoms with Gasteiger partial charge >= 0.3 is 5.97 Å². The lowest BCUT2D eigenvalue weighted by molar-refractivity contribution is -0.169. The molecule has 2 N–H and O–H groups in total. The molecule has 0 bridgehead atoms. The molecule has 13 heteroatoms. The number of carbonyl (C=O) groups excluding carboxylic acids is 4. The van der Waals surface area contributed by atoms with Crippen LogP contribution in [0.1, 0.15) is 124 Å². The number of methoxy groups -OCH3 is 1. The zero-order chi connectivity index (χ0) is 46.6. The average molecular weight is 881 g/mol. The van der Waals surface area contributed by atoms with Crippen LogP contribution in [0.5, 0.6) is 0 Å². The van der Waals surface area contributed by atoms with Gasteiger partial charge < -0.3 is 33.3 Å². The number of aliphatic hydroxyl groups excluding tert-OH is 2. The fourth-order valence-electron chi connectivity index (χ4n) is 9.54. The Kier molecular flexibility index (Phi) is 19.2. The van der Waals surface area contributed by atoms with Gasteiger partial charge in [-0.1, -0.05) is 115 Å². The van der Waals surface area contributed by atoms with Crippen molar-refractivity contribution >= 4 is 40.0 Å². The molecule has 0 spiro atoms. The molecule has 13 atom stereocenters. The van der Waals surface area contributed by atoms with E-state index in [4.69, 9.17) is 23.1 Å². The van der Waals surface area contributed by atoms with Crippen LogP contribution in [0, 0.1) is 35.5 Å². The molecule has 2 aliphatic rings. The normalized spacial score (nSPS) is 34.7. The Balaban J connectivity index is 2.89. The number of cyclic esters (lactones) is 1. The first kappa shape index (κ1) is 54.3. The van der Waals surface area contributed by atoms with E-state index < -0.39 is 107 Å². The first-order valence-corrected chi connectivity index (χ1v) is 27.4. The van der Waals surface area contributed by atoms with Crippen LogP contribution < -0.4 is 0 Å². The van der Waals surface area contributed by atoms with Crippen LogP contribution in [0.4, 0.5) is 0 Å². The number of esters is 1. The summed E-state index contributed by atoms with van der Waals surface area (Å²) in [5.41, 5.74) is 0.186. The summed E-state index contributed by atoms with van der Waals surface area (Å²) in [4.78, 5) is 57.7. The van der Waals surface area contributed by atoms with Gasteiger partial charge in [0.15, 0.2) is 14.4 Å². The summed E-state index contributed by atoms with van der Waals surface area (Å²) in [5.74, 6) is -6.63. The van der Waals surface area contributed by atoms with Crippen molar-refractivity contribution < 1.29 is 52.5 Å². The molecular weight excluding hydrogens is 797 g/mol. The van der Waals surface area contributed by atoms with E-state index in [1.807, 2.05) is 45.9 Å². The molecule has 1 fully saturated rings. The topological polar surface area (TPSA) is 158 Å². The lowest BCUT2D eigenvalue weighted by atomic mass is 9.79. The fourth-order valence-corrected chi connectivity index (χ4v) is 16.6. The Morgan fingerprint density at radius 2 is 1.42 bits per heavy atom. The summed E-state index contributed by atoms with van der Waals surface area (Å²) in [6, 6.07) is 0. The summed E-state index contributed by atoms with van der Waals surface area (Å²) >= 11 is 0. The lowest BCUT2D eigenvalue weighted by Crippen LogP contribution is -2.53. The molecule has 0 aromatic rings. The molecule has 60 heavy (non-hydrogen) atoms. The highest BCUT2D eigenvalue weighted by molar-refractivity contribution is 6.77. The summed E-state index contributed by atoms with van der Waals surface area (Å²) in [6.07, 6.45) is -0.934. The summed E-state index contributed by atoms with van der Waals surface area (Å²) in [5, 5.41) is 23.3. The minimum atomic E-state index is -2.61. The van der Waals surface area contributed by atoms with Crippen LogP contribution in [-0.2, 0) is 42.2 Å². The van der Waals surface area contributed by atoms with Crippen molar-refractivity contribution in [2.24, 2.45) is 35.5 Å². The zero-order valence-corrected chi connectivity index (χ0v) is 42.9. The minimum Gasteiger partial charge on any atom is -0.463 e. The van der Waals surface area contributed by atoms with E-state index in [-0.39, 0.29) is 45.6 Å². The molecule has 2 rings (SSSR count). The quantitative estimate of drug-likeness (QED) is 0.0836. The third-order valence-corrected chi connectivity index (χ3v) is 25.0. The summed E-state index contributed by atoms with van der Waals surface area (Å²) in [6.45, 7) is 37.3. The van der Waals surface area contributed by atoms with Gasteiger partial charge in [0, 0.05) is 43.1 Å². The predicted octanol–water partition coefficient (Wildman–Crippen LogP) is 8.81. The molecular formula is C47H84O11Si2. The lowest BCUT2D eigenvalue weighted by Gasteiger charge is -2.46. The minimum absolute atomic E-state index is 0.0789. The van der Waals surface area contributed by atoms with Crippen molar-refractivity contribution in [1.29, 1.82) is 0 Å². The first-order chi connectivity index (χ1) is 27.4. The second-order valence-corrected chi connectivity index (χ2v) is 30.9. The maximum Gasteiger partial charge on any atom is 0.337 e. The number of epoxide rings is 1. The number of hydrogen-bond donors (Lipinski definition) is 2. The van der Waals surface area contributed by atoms with Crippen LogP contribution in [-0.4, -0.2) is 106 Å². The summed E-state index contributed by atoms with van der Waals surface area (Å²) in [7, 11) is -3.88. The smallest absolute Gasteiger partial charge is 0.337 e. The average Bonchev–Trinajstić information content (AvgIpc) is 3.85. The predicted molar refractivity (Wildman–Crippen MR) is 243 cm³/mol. The Labute approximate surface area is 365 Å². The second kappa shape index (κ2) is 21.2. The highest BCUT2D eigenvalue weighted by Gasteiger charge is 2.62. The third-order valence-electron chi connectivity index (χ3n) is 14.4. The van der Waals surface area contributed by atoms with Gasteiger partial charge in [-0.3, -0.25) is 14.4 Å². The van der Waals surface area contributed by atoms with Crippen LogP contribution in [0.3, 0.4) is 0 Å². The largest absolute Gasteiger partial charge is 0.463 e. The van der Waals surface area contributed by atoms with Crippen molar-refractivity contribution in [3.8, 4) is 0 Å². The van der Waals surface area contributed by atoms with Gasteiger partial charge in [0.05, 0.1) is 30.3 Å². The van der Waals surface area contributed by atoms with E-state index in [0.717, 1.165) is 5.57 Å². The highest BCUT2D eigenvalue weighted by Crippen LogP contribution is 2.48. The van der Waals surface area contributed by atoms with Crippen molar-refractivity contribution in [3.05, 3.63) is 23.8 Å². The molecule has 0 unspecified atom stereocenters. The number of aliphatic hydroxyl groups is 2. The monoisotopic (exact) mass is 881 g/mol. The van der Waals surface area contributed by atoms with Gasteiger partial charge in [-0.05, 0) is 61.1 Å². The molecule has 0 amide bonds. The first-order valence-electron chi connectivity index (χ1n) is 22.4. The number of ether oxygens (including phenoxy) is 3. The molecule has 0 radical (unpaired) electrons. The number of hydrogen-bond acceptors (Lipinski definition) is 11. The molecule has 2 heterocycles. The molecule has 0 aromatic carbocycles. The van der Waals surface area contributed by atoms with Crippen LogP contribution in [0.2, 0.25) is 34.8 Å². The van der Waals surface area contributed by atoms with Gasteiger partial charge in [0.2, 0.25) is 8.32 Å². The fraction of sp³-hybridized carbons (Fsp3) is 0.830. The Morgan fingerprint density at radius 1 is 0.883 bits per heavy atom. The van der Waals surface area contributed by atoms with E-state index in [1.54, 1.807) is 27.7 Å². The number of ketones is 3.